The van der Waals surface area contributed by atoms with Gasteiger partial charge in [0.15, 0.2) is 0 Å². The Labute approximate surface area is 197 Å². The molecule has 4 rings (SSSR count). The van der Waals surface area contributed by atoms with Gasteiger partial charge in [0.25, 0.3) is 0 Å². The van der Waals surface area contributed by atoms with Crippen molar-refractivity contribution in [3.05, 3.63) is 41.6 Å². The maximum absolute atomic E-state index is 12.7. The van der Waals surface area contributed by atoms with E-state index in [0.29, 0.717) is 24.9 Å². The highest BCUT2D eigenvalue weighted by Crippen LogP contribution is 2.35. The Kier molecular flexibility index (Phi) is 8.06. The standard InChI is InChI=1S/C26H38N6O/c1-20-15-22(23-7-6-21(16-27-2)26-24(23)5-4-8-29-26)18-32(17-20)19-25(33)28-9-10-31-13-11-30(3)12-14-31/h4-8,20,22H,2,9-19H2,1,3H3,(H,28,33)/t20-,22-/m1/s1. The summed E-state index contributed by atoms with van der Waals surface area (Å²) in [6, 6.07) is 8.56. The number of carbonyl (C=O) groups is 1. The van der Waals surface area contributed by atoms with Crippen LogP contribution < -0.4 is 5.32 Å². The molecule has 1 aromatic heterocycles. The minimum atomic E-state index is 0.135. The second kappa shape index (κ2) is 11.2. The molecule has 2 atom stereocenters. The molecule has 2 aromatic rings. The summed E-state index contributed by atoms with van der Waals surface area (Å²) in [4.78, 5) is 28.5. The number of fused-ring (bicyclic) bond motifs is 1. The lowest BCUT2D eigenvalue weighted by atomic mass is 9.83. The van der Waals surface area contributed by atoms with E-state index >= 15 is 0 Å². The van der Waals surface area contributed by atoms with E-state index in [4.69, 9.17) is 0 Å². The first-order valence-electron chi connectivity index (χ1n) is 12.2. The Hall–Kier alpha value is -2.35. The van der Waals surface area contributed by atoms with E-state index in [1.807, 2.05) is 12.3 Å². The summed E-state index contributed by atoms with van der Waals surface area (Å²) in [6.45, 7) is 14.9. The van der Waals surface area contributed by atoms with Crippen LogP contribution in [0.3, 0.4) is 0 Å². The average molecular weight is 451 g/mol. The molecule has 2 aliphatic rings. The lowest BCUT2D eigenvalue weighted by Gasteiger charge is -2.37. The number of benzene rings is 1. The molecular formula is C26H38N6O. The highest BCUT2D eigenvalue weighted by molar-refractivity contribution is 5.85. The molecule has 1 aromatic carbocycles. The van der Waals surface area contributed by atoms with Crippen LogP contribution in [0.25, 0.3) is 10.9 Å². The number of hydrogen-bond acceptors (Lipinski definition) is 6. The molecule has 7 nitrogen and oxygen atoms in total. The van der Waals surface area contributed by atoms with Gasteiger partial charge in [0, 0.05) is 63.9 Å². The van der Waals surface area contributed by atoms with Crippen LogP contribution in [0, 0.1) is 5.92 Å². The fraction of sp³-hybridized carbons (Fsp3) is 0.577. The van der Waals surface area contributed by atoms with Crippen molar-refractivity contribution in [2.75, 3.05) is 66.0 Å². The number of nitrogens with zero attached hydrogens (tertiary/aromatic N) is 5. The number of pyridine rings is 1. The summed E-state index contributed by atoms with van der Waals surface area (Å²) in [7, 11) is 2.16. The lowest BCUT2D eigenvalue weighted by molar-refractivity contribution is -0.122. The molecule has 3 heterocycles. The topological polar surface area (TPSA) is 64.1 Å². The minimum absolute atomic E-state index is 0.135. The molecule has 0 radical (unpaired) electrons. The zero-order chi connectivity index (χ0) is 23.2. The van der Waals surface area contributed by atoms with Crippen LogP contribution in [0.5, 0.6) is 0 Å². The quantitative estimate of drug-likeness (QED) is 0.625. The van der Waals surface area contributed by atoms with Crippen molar-refractivity contribution in [3.63, 3.8) is 0 Å². The first-order chi connectivity index (χ1) is 16.0. The van der Waals surface area contributed by atoms with Crippen molar-refractivity contribution in [2.45, 2.75) is 25.8 Å². The first kappa shape index (κ1) is 23.8. The second-order valence-corrected chi connectivity index (χ2v) is 9.82. The molecule has 0 bridgehead atoms. The average Bonchev–Trinajstić information content (AvgIpc) is 2.80. The van der Waals surface area contributed by atoms with Crippen molar-refractivity contribution in [3.8, 4) is 0 Å². The van der Waals surface area contributed by atoms with Crippen molar-refractivity contribution >= 4 is 23.5 Å². The molecule has 0 spiro atoms. The van der Waals surface area contributed by atoms with Crippen LogP contribution in [0.4, 0.5) is 0 Å². The maximum Gasteiger partial charge on any atom is 0.234 e. The van der Waals surface area contributed by atoms with Gasteiger partial charge in [-0.25, -0.2) is 0 Å². The Morgan fingerprint density at radius 3 is 2.79 bits per heavy atom. The highest BCUT2D eigenvalue weighted by atomic mass is 16.2. The fourth-order valence-corrected chi connectivity index (χ4v) is 5.36. The zero-order valence-electron chi connectivity index (χ0n) is 20.2. The number of aromatic nitrogens is 1. The molecule has 2 aliphatic heterocycles. The molecule has 178 valence electrons. The van der Waals surface area contributed by atoms with Gasteiger partial charge in [-0.15, -0.1) is 0 Å². The van der Waals surface area contributed by atoms with Crippen molar-refractivity contribution in [1.82, 2.24) is 25.0 Å². The van der Waals surface area contributed by atoms with Gasteiger partial charge in [-0.2, -0.15) is 0 Å². The first-order valence-corrected chi connectivity index (χ1v) is 12.2. The molecule has 0 saturated carbocycles. The van der Waals surface area contributed by atoms with E-state index < -0.39 is 0 Å². The summed E-state index contributed by atoms with van der Waals surface area (Å²) in [6.07, 6.45) is 2.98. The number of piperazine rings is 1. The molecule has 2 saturated heterocycles. The van der Waals surface area contributed by atoms with Crippen molar-refractivity contribution in [1.29, 1.82) is 0 Å². The van der Waals surface area contributed by atoms with Gasteiger partial charge in [0.2, 0.25) is 5.91 Å². The number of carbonyl (C=O) groups excluding carboxylic acids is 1. The summed E-state index contributed by atoms with van der Waals surface area (Å²) < 4.78 is 0. The summed E-state index contributed by atoms with van der Waals surface area (Å²) >= 11 is 0. The van der Waals surface area contributed by atoms with E-state index in [2.05, 4.69) is 68.9 Å². The van der Waals surface area contributed by atoms with Gasteiger partial charge in [-0.05, 0) is 49.2 Å². The number of likely N-dealkylation sites (N-methyl/N-ethyl adjacent to an activating group) is 1. The SMILES string of the molecule is C=NCc1ccc([C@@H]2C[C@@H](C)CN(CC(=O)NCCN3CCN(C)CC3)C2)c2cccnc12. The fourth-order valence-electron chi connectivity index (χ4n) is 5.36. The lowest BCUT2D eigenvalue weighted by Crippen LogP contribution is -2.48. The Balaban J connectivity index is 1.36. The van der Waals surface area contributed by atoms with E-state index in [1.165, 1.54) is 10.9 Å². The predicted molar refractivity (Wildman–Crippen MR) is 135 cm³/mol. The number of aliphatic imine (C=N–C) groups is 1. The largest absolute Gasteiger partial charge is 0.354 e. The molecule has 7 heteroatoms. The van der Waals surface area contributed by atoms with E-state index in [9.17, 15) is 4.79 Å². The monoisotopic (exact) mass is 450 g/mol. The number of hydrogen-bond donors (Lipinski definition) is 1. The van der Waals surface area contributed by atoms with E-state index in [-0.39, 0.29) is 5.91 Å². The summed E-state index contributed by atoms with van der Waals surface area (Å²) in [5.74, 6) is 1.07. The number of nitrogens with one attached hydrogen (secondary N) is 1. The van der Waals surface area contributed by atoms with Gasteiger partial charge in [0.1, 0.15) is 0 Å². The van der Waals surface area contributed by atoms with Crippen LogP contribution in [-0.2, 0) is 11.3 Å². The second-order valence-electron chi connectivity index (χ2n) is 9.82. The molecule has 1 amide bonds. The smallest absolute Gasteiger partial charge is 0.234 e. The third-order valence-electron chi connectivity index (χ3n) is 7.06. The van der Waals surface area contributed by atoms with Crippen LogP contribution >= 0.6 is 0 Å². The predicted octanol–water partition coefficient (Wildman–Crippen LogP) is 2.22. The molecule has 33 heavy (non-hydrogen) atoms. The zero-order valence-corrected chi connectivity index (χ0v) is 20.2. The molecular weight excluding hydrogens is 412 g/mol. The van der Waals surface area contributed by atoms with E-state index in [0.717, 1.165) is 69.9 Å². The van der Waals surface area contributed by atoms with Crippen LogP contribution in [0.1, 0.15) is 30.4 Å². The van der Waals surface area contributed by atoms with Gasteiger partial charge in [-0.3, -0.25) is 24.6 Å². The van der Waals surface area contributed by atoms with E-state index in [1.54, 1.807) is 0 Å². The third-order valence-corrected chi connectivity index (χ3v) is 7.06. The van der Waals surface area contributed by atoms with Crippen molar-refractivity contribution in [2.24, 2.45) is 10.9 Å². The summed E-state index contributed by atoms with van der Waals surface area (Å²) in [5.41, 5.74) is 3.47. The van der Waals surface area contributed by atoms with Crippen LogP contribution in [-0.4, -0.2) is 98.3 Å². The summed E-state index contributed by atoms with van der Waals surface area (Å²) in [5, 5.41) is 4.35. The number of amides is 1. The highest BCUT2D eigenvalue weighted by Gasteiger charge is 2.28. The molecule has 0 unspecified atom stereocenters. The van der Waals surface area contributed by atoms with Gasteiger partial charge < -0.3 is 10.2 Å². The van der Waals surface area contributed by atoms with Gasteiger partial charge >= 0.3 is 0 Å². The normalized spacial score (nSPS) is 23.0. The third kappa shape index (κ3) is 6.16. The van der Waals surface area contributed by atoms with Crippen LogP contribution in [0.2, 0.25) is 0 Å². The Morgan fingerprint density at radius 1 is 1.18 bits per heavy atom. The van der Waals surface area contributed by atoms with Gasteiger partial charge in [-0.1, -0.05) is 25.1 Å². The maximum atomic E-state index is 12.7. The van der Waals surface area contributed by atoms with Crippen molar-refractivity contribution < 1.29 is 4.79 Å². The van der Waals surface area contributed by atoms with Gasteiger partial charge in [0.05, 0.1) is 18.6 Å². The van der Waals surface area contributed by atoms with Crippen LogP contribution in [0.15, 0.2) is 35.5 Å². The Bertz CT molecular complexity index is 955. The number of rotatable bonds is 8. The number of piperidine rings is 1. The minimum Gasteiger partial charge on any atom is -0.354 e. The Morgan fingerprint density at radius 2 is 2.00 bits per heavy atom. The number of likely N-dealkylation sites (tertiary alicyclic amines) is 1. The molecule has 2 fully saturated rings. The molecule has 0 aliphatic carbocycles. The molecule has 1 N–H and O–H groups in total.